The van der Waals surface area contributed by atoms with Crippen LogP contribution in [0.3, 0.4) is 0 Å². The summed E-state index contributed by atoms with van der Waals surface area (Å²) < 4.78 is 37.1. The fraction of sp³-hybridized carbons (Fsp3) is 0.364. The zero-order chi connectivity index (χ0) is 12.8. The van der Waals surface area contributed by atoms with Gasteiger partial charge in [-0.1, -0.05) is 34.8 Å². The third-order valence-corrected chi connectivity index (χ3v) is 2.36. The topological polar surface area (TPSA) is 46.3 Å². The molecule has 0 aliphatic heterocycles. The first-order valence-corrected chi connectivity index (χ1v) is 5.06. The average Bonchev–Trinajstić information content (AvgIpc) is 2.35. The zero-order valence-corrected chi connectivity index (χ0v) is 9.02. The summed E-state index contributed by atoms with van der Waals surface area (Å²) in [5.41, 5.74) is 6.15. The molecule has 0 spiro atoms. The summed E-state index contributed by atoms with van der Waals surface area (Å²) in [5, 5.41) is -0.477. The molecule has 0 aromatic heterocycles. The van der Waals surface area contributed by atoms with Crippen LogP contribution in [-0.4, -0.2) is 30.5 Å². The Morgan fingerprint density at radius 1 is 1.29 bits per heavy atom. The number of nitrogens with zero attached hydrogens (tertiary/aromatic N) is 1. The molecule has 0 saturated heterocycles. The monoisotopic (exact) mass is 246 g/mol. The van der Waals surface area contributed by atoms with Gasteiger partial charge in [-0.05, 0) is 5.56 Å². The van der Waals surface area contributed by atoms with Gasteiger partial charge in [0.1, 0.15) is 0 Å². The lowest BCUT2D eigenvalue weighted by atomic mass is 9.99. The molecule has 0 radical (unpaired) electrons. The largest absolute Gasteiger partial charge is 0.330 e. The molecule has 0 aliphatic carbocycles. The average molecular weight is 246 g/mol. The maximum absolute atomic E-state index is 13.1. The van der Waals surface area contributed by atoms with E-state index in [4.69, 9.17) is 5.73 Å². The first-order valence-electron chi connectivity index (χ1n) is 5.06. The number of rotatable bonds is 5. The number of carbonyl (C=O) groups excluding carboxylic acids is 1. The number of hydrogen-bond donors (Lipinski definition) is 1. The second-order valence-corrected chi connectivity index (χ2v) is 3.53. The van der Waals surface area contributed by atoms with E-state index in [0.29, 0.717) is 5.56 Å². The van der Waals surface area contributed by atoms with Crippen molar-refractivity contribution in [2.45, 2.75) is 12.3 Å². The predicted octanol–water partition coefficient (Wildman–Crippen LogP) is 1.71. The number of hydrogen-bond acceptors (Lipinski definition) is 2. The number of nitrogens with two attached hydrogens (primary N) is 1. The smallest absolute Gasteiger partial charge is 0.318 e. The summed E-state index contributed by atoms with van der Waals surface area (Å²) in [7, 11) is 0. The Morgan fingerprint density at radius 2 is 1.88 bits per heavy atom. The summed E-state index contributed by atoms with van der Waals surface area (Å²) in [4.78, 5) is 10.7. The van der Waals surface area contributed by atoms with E-state index in [2.05, 4.69) is 0 Å². The standard InChI is InChI=1S/C11H13F3N2O/c12-10(13)11(17)16(14)7-9(6-15)8-4-2-1-3-5-8/h1-5,9-10H,6-7,15H2. The zero-order valence-electron chi connectivity index (χ0n) is 9.02. The van der Waals surface area contributed by atoms with Crippen molar-refractivity contribution in [1.82, 2.24) is 5.12 Å². The van der Waals surface area contributed by atoms with Gasteiger partial charge >= 0.3 is 12.3 Å². The van der Waals surface area contributed by atoms with Crippen LogP contribution in [0, 0.1) is 0 Å². The van der Waals surface area contributed by atoms with Crippen molar-refractivity contribution in [1.29, 1.82) is 0 Å². The van der Waals surface area contributed by atoms with Gasteiger partial charge in [-0.2, -0.15) is 13.9 Å². The molecule has 6 heteroatoms. The molecule has 17 heavy (non-hydrogen) atoms. The summed E-state index contributed by atoms with van der Waals surface area (Å²) >= 11 is 0. The predicted molar refractivity (Wildman–Crippen MR) is 57.1 cm³/mol. The maximum atomic E-state index is 13.1. The quantitative estimate of drug-likeness (QED) is 0.804. The van der Waals surface area contributed by atoms with Gasteiger partial charge in [-0.3, -0.25) is 4.79 Å². The van der Waals surface area contributed by atoms with E-state index in [9.17, 15) is 18.1 Å². The Morgan fingerprint density at radius 3 is 2.35 bits per heavy atom. The number of benzene rings is 1. The minimum Gasteiger partial charge on any atom is -0.330 e. The molecule has 0 bridgehead atoms. The van der Waals surface area contributed by atoms with E-state index in [1.54, 1.807) is 30.3 Å². The maximum Gasteiger partial charge on any atom is 0.318 e. The molecule has 0 heterocycles. The molecule has 0 aliphatic rings. The highest BCUT2D eigenvalue weighted by Gasteiger charge is 2.26. The molecule has 3 nitrogen and oxygen atoms in total. The molecular formula is C11H13F3N2O. The molecule has 0 saturated carbocycles. The number of carbonyl (C=O) groups is 1. The van der Waals surface area contributed by atoms with Gasteiger partial charge in [0.15, 0.2) is 0 Å². The van der Waals surface area contributed by atoms with Crippen molar-refractivity contribution in [3.05, 3.63) is 35.9 Å². The van der Waals surface area contributed by atoms with Crippen molar-refractivity contribution < 1.29 is 18.1 Å². The van der Waals surface area contributed by atoms with Gasteiger partial charge in [0.2, 0.25) is 0 Å². The summed E-state index contributed by atoms with van der Waals surface area (Å²) in [6.07, 6.45) is -3.34. The van der Waals surface area contributed by atoms with Gasteiger partial charge in [0.25, 0.3) is 0 Å². The van der Waals surface area contributed by atoms with Gasteiger partial charge < -0.3 is 5.73 Å². The van der Waals surface area contributed by atoms with E-state index in [-0.39, 0.29) is 6.54 Å². The Balaban J connectivity index is 2.68. The molecule has 94 valence electrons. The summed E-state index contributed by atoms with van der Waals surface area (Å²) in [6.45, 7) is -0.398. The van der Waals surface area contributed by atoms with Crippen molar-refractivity contribution in [2.24, 2.45) is 5.73 Å². The molecule has 1 rings (SSSR count). The minimum absolute atomic E-state index is 0.0704. The van der Waals surface area contributed by atoms with Gasteiger partial charge in [-0.25, -0.2) is 0 Å². The third-order valence-electron chi connectivity index (χ3n) is 2.36. The number of halogens is 3. The van der Waals surface area contributed by atoms with E-state index in [1.165, 1.54) is 0 Å². The van der Waals surface area contributed by atoms with Crippen LogP contribution in [0.1, 0.15) is 11.5 Å². The highest BCUT2D eigenvalue weighted by atomic mass is 19.3. The second-order valence-electron chi connectivity index (χ2n) is 3.53. The Kier molecular flexibility index (Phi) is 4.96. The molecular weight excluding hydrogens is 233 g/mol. The lowest BCUT2D eigenvalue weighted by Crippen LogP contribution is -2.34. The van der Waals surface area contributed by atoms with Crippen LogP contribution in [0.25, 0.3) is 0 Å². The highest BCUT2D eigenvalue weighted by Crippen LogP contribution is 2.17. The van der Waals surface area contributed by atoms with Crippen LogP contribution in [0.2, 0.25) is 0 Å². The lowest BCUT2D eigenvalue weighted by Gasteiger charge is -2.19. The van der Waals surface area contributed by atoms with Gasteiger partial charge in [-0.15, -0.1) is 0 Å². The second kappa shape index (κ2) is 6.24. The van der Waals surface area contributed by atoms with Crippen LogP contribution >= 0.6 is 0 Å². The van der Waals surface area contributed by atoms with Crippen LogP contribution < -0.4 is 5.73 Å². The van der Waals surface area contributed by atoms with Crippen LogP contribution in [0.15, 0.2) is 30.3 Å². The van der Waals surface area contributed by atoms with E-state index in [1.807, 2.05) is 0 Å². The number of alkyl halides is 2. The van der Waals surface area contributed by atoms with Crippen LogP contribution in [0.4, 0.5) is 13.3 Å². The van der Waals surface area contributed by atoms with Crippen molar-refractivity contribution in [2.75, 3.05) is 13.1 Å². The van der Waals surface area contributed by atoms with Crippen LogP contribution in [-0.2, 0) is 4.79 Å². The molecule has 2 N–H and O–H groups in total. The fourth-order valence-electron chi connectivity index (χ4n) is 1.43. The first kappa shape index (κ1) is 13.5. The Labute approximate surface area is 96.9 Å². The van der Waals surface area contributed by atoms with Gasteiger partial charge in [0.05, 0.1) is 6.54 Å². The van der Waals surface area contributed by atoms with E-state index in [0.717, 1.165) is 0 Å². The number of amides is 1. The SMILES string of the molecule is NCC(CN(F)C(=O)C(F)F)c1ccccc1. The molecule has 1 aromatic carbocycles. The third kappa shape index (κ3) is 3.74. The molecule has 1 atom stereocenters. The normalized spacial score (nSPS) is 12.5. The van der Waals surface area contributed by atoms with Crippen molar-refractivity contribution in [3.8, 4) is 0 Å². The van der Waals surface area contributed by atoms with Gasteiger partial charge in [0, 0.05) is 12.5 Å². The lowest BCUT2D eigenvalue weighted by molar-refractivity contribution is -0.159. The summed E-state index contributed by atoms with van der Waals surface area (Å²) in [5.74, 6) is -2.33. The fourth-order valence-corrected chi connectivity index (χ4v) is 1.43. The van der Waals surface area contributed by atoms with E-state index >= 15 is 0 Å². The Bertz CT molecular complexity index is 359. The van der Waals surface area contributed by atoms with Crippen molar-refractivity contribution in [3.63, 3.8) is 0 Å². The first-order chi connectivity index (χ1) is 8.06. The summed E-state index contributed by atoms with van der Waals surface area (Å²) in [6, 6.07) is 8.65. The molecule has 1 unspecified atom stereocenters. The highest BCUT2D eigenvalue weighted by molar-refractivity contribution is 5.78. The van der Waals surface area contributed by atoms with E-state index < -0.39 is 29.9 Å². The molecule has 1 amide bonds. The van der Waals surface area contributed by atoms with Crippen molar-refractivity contribution >= 4 is 5.91 Å². The minimum atomic E-state index is -3.34. The van der Waals surface area contributed by atoms with Crippen LogP contribution in [0.5, 0.6) is 0 Å². The Hall–Kier alpha value is -1.56. The molecule has 0 fully saturated rings. The molecule has 1 aromatic rings.